The van der Waals surface area contributed by atoms with Crippen molar-refractivity contribution in [3.05, 3.63) is 47.7 Å². The van der Waals surface area contributed by atoms with Gasteiger partial charge in [0.05, 0.1) is 11.8 Å². The fraction of sp³-hybridized carbons (Fsp3) is 0.429. The fourth-order valence-corrected chi connectivity index (χ4v) is 4.10. The van der Waals surface area contributed by atoms with Gasteiger partial charge in [-0.25, -0.2) is 0 Å². The minimum Gasteiger partial charge on any atom is -0.361 e. The Hall–Kier alpha value is -3.16. The highest BCUT2D eigenvalue weighted by Gasteiger charge is 2.42. The number of H-pyrrole nitrogens is 1. The first-order chi connectivity index (χ1) is 14.1. The quantitative estimate of drug-likeness (QED) is 0.666. The van der Waals surface area contributed by atoms with Crippen LogP contribution < -0.4 is 5.32 Å². The molecule has 3 heterocycles. The van der Waals surface area contributed by atoms with Crippen LogP contribution in [-0.2, 0) is 16.0 Å². The molecule has 0 aliphatic carbocycles. The lowest BCUT2D eigenvalue weighted by molar-refractivity contribution is -0.130. The van der Waals surface area contributed by atoms with Crippen molar-refractivity contribution in [1.29, 1.82) is 0 Å². The van der Waals surface area contributed by atoms with Crippen LogP contribution in [0.1, 0.15) is 36.0 Å². The molecule has 2 aromatic heterocycles. The summed E-state index contributed by atoms with van der Waals surface area (Å²) < 4.78 is 5.29. The van der Waals surface area contributed by atoms with Gasteiger partial charge in [0.25, 0.3) is 0 Å². The minimum atomic E-state index is -0.377. The summed E-state index contributed by atoms with van der Waals surface area (Å²) in [7, 11) is 1.60. The number of nitrogens with one attached hydrogen (secondary N) is 2. The molecular weight excluding hydrogens is 370 g/mol. The summed E-state index contributed by atoms with van der Waals surface area (Å²) in [6.07, 6.45) is 4.04. The molecule has 1 aliphatic heterocycles. The van der Waals surface area contributed by atoms with E-state index in [2.05, 4.69) is 26.5 Å². The number of likely N-dealkylation sites (tertiary alicyclic amines) is 1. The number of benzene rings is 1. The van der Waals surface area contributed by atoms with E-state index in [0.29, 0.717) is 31.2 Å². The van der Waals surface area contributed by atoms with E-state index in [1.807, 2.05) is 24.4 Å². The molecule has 0 bridgehead atoms. The van der Waals surface area contributed by atoms with Crippen LogP contribution in [0, 0.1) is 12.8 Å². The first-order valence-electron chi connectivity index (χ1n) is 9.91. The summed E-state index contributed by atoms with van der Waals surface area (Å²) in [6.45, 7) is 2.54. The van der Waals surface area contributed by atoms with E-state index >= 15 is 0 Å². The lowest BCUT2D eigenvalue weighted by Gasteiger charge is -2.16. The Morgan fingerprint density at radius 3 is 2.90 bits per heavy atom. The van der Waals surface area contributed by atoms with Gasteiger partial charge in [-0.2, -0.15) is 4.98 Å². The highest BCUT2D eigenvalue weighted by atomic mass is 16.5. The molecule has 2 atom stereocenters. The second-order valence-corrected chi connectivity index (χ2v) is 7.52. The van der Waals surface area contributed by atoms with Gasteiger partial charge >= 0.3 is 0 Å². The van der Waals surface area contributed by atoms with Gasteiger partial charge in [-0.3, -0.25) is 9.59 Å². The molecule has 8 heteroatoms. The van der Waals surface area contributed by atoms with Crippen molar-refractivity contribution < 1.29 is 14.1 Å². The van der Waals surface area contributed by atoms with Crippen molar-refractivity contribution in [3.8, 4) is 0 Å². The standard InChI is InChI=1S/C21H25N5O3/c1-13-24-21(29-25-13)17-12-26(11-16(17)20(28)22-2)19(27)9-5-6-14-10-23-18-8-4-3-7-15(14)18/h3-4,7-8,10,16-17,23H,5-6,9,11-12H2,1-2H3,(H,22,28)/t16-,17-/m1/s1. The summed E-state index contributed by atoms with van der Waals surface area (Å²) in [4.78, 5) is 34.4. The maximum absolute atomic E-state index is 12.8. The highest BCUT2D eigenvalue weighted by Crippen LogP contribution is 2.32. The van der Waals surface area contributed by atoms with E-state index < -0.39 is 0 Å². The molecule has 8 nitrogen and oxygen atoms in total. The molecule has 2 N–H and O–H groups in total. The molecule has 1 fully saturated rings. The Morgan fingerprint density at radius 1 is 1.31 bits per heavy atom. The number of amides is 2. The molecule has 0 saturated carbocycles. The largest absolute Gasteiger partial charge is 0.361 e. The first-order valence-corrected chi connectivity index (χ1v) is 9.91. The molecule has 152 valence electrons. The predicted molar refractivity (Wildman–Crippen MR) is 107 cm³/mol. The van der Waals surface area contributed by atoms with Gasteiger partial charge in [-0.1, -0.05) is 23.4 Å². The summed E-state index contributed by atoms with van der Waals surface area (Å²) >= 11 is 0. The van der Waals surface area contributed by atoms with Crippen LogP contribution >= 0.6 is 0 Å². The Balaban J connectivity index is 1.38. The summed E-state index contributed by atoms with van der Waals surface area (Å²) in [5.74, 6) is 0.243. The molecule has 2 amide bonds. The van der Waals surface area contributed by atoms with Crippen LogP contribution in [0.4, 0.5) is 0 Å². The number of carbonyl (C=O) groups is 2. The normalized spacial score (nSPS) is 19.0. The van der Waals surface area contributed by atoms with Gasteiger partial charge < -0.3 is 19.7 Å². The molecule has 1 aromatic carbocycles. The molecule has 1 saturated heterocycles. The number of aryl methyl sites for hydroxylation is 2. The van der Waals surface area contributed by atoms with Gasteiger partial charge in [0.2, 0.25) is 17.7 Å². The molecule has 4 rings (SSSR count). The average molecular weight is 395 g/mol. The summed E-state index contributed by atoms with van der Waals surface area (Å²) in [5, 5.41) is 7.71. The van der Waals surface area contributed by atoms with Crippen molar-refractivity contribution in [2.24, 2.45) is 5.92 Å². The van der Waals surface area contributed by atoms with Gasteiger partial charge in [-0.05, 0) is 31.4 Å². The number of nitrogens with zero attached hydrogens (tertiary/aromatic N) is 3. The number of para-hydroxylation sites is 1. The van der Waals surface area contributed by atoms with Crippen molar-refractivity contribution in [1.82, 2.24) is 25.3 Å². The predicted octanol–water partition coefficient (Wildman–Crippen LogP) is 2.17. The first kappa shape index (κ1) is 19.2. The third kappa shape index (κ3) is 3.87. The van der Waals surface area contributed by atoms with E-state index in [1.165, 1.54) is 10.9 Å². The molecule has 1 aliphatic rings. The Morgan fingerprint density at radius 2 is 2.14 bits per heavy atom. The topological polar surface area (TPSA) is 104 Å². The van der Waals surface area contributed by atoms with Crippen LogP contribution in [0.25, 0.3) is 10.9 Å². The van der Waals surface area contributed by atoms with E-state index in [1.54, 1.807) is 18.9 Å². The number of carbonyl (C=O) groups excluding carboxylic acids is 2. The molecule has 29 heavy (non-hydrogen) atoms. The SMILES string of the molecule is CNC(=O)[C@@H]1CN(C(=O)CCCc2c[nH]c3ccccc23)C[C@H]1c1nc(C)no1. The third-order valence-electron chi connectivity index (χ3n) is 5.63. The van der Waals surface area contributed by atoms with E-state index in [9.17, 15) is 9.59 Å². The number of aromatic amines is 1. The maximum atomic E-state index is 12.8. The number of aromatic nitrogens is 3. The second kappa shape index (κ2) is 8.06. The van der Waals surface area contributed by atoms with Gasteiger partial charge in [-0.15, -0.1) is 0 Å². The monoisotopic (exact) mass is 395 g/mol. The molecule has 0 spiro atoms. The van der Waals surface area contributed by atoms with Crippen LogP contribution in [0.2, 0.25) is 0 Å². The third-order valence-corrected chi connectivity index (χ3v) is 5.63. The number of hydrogen-bond acceptors (Lipinski definition) is 5. The maximum Gasteiger partial charge on any atom is 0.232 e. The Labute approximate surface area is 168 Å². The minimum absolute atomic E-state index is 0.0532. The van der Waals surface area contributed by atoms with Crippen LogP contribution in [-0.4, -0.2) is 52.0 Å². The van der Waals surface area contributed by atoms with E-state index in [4.69, 9.17) is 4.52 Å². The molecule has 0 radical (unpaired) electrons. The molecular formula is C21H25N5O3. The van der Waals surface area contributed by atoms with Crippen molar-refractivity contribution in [2.45, 2.75) is 32.1 Å². The zero-order valence-electron chi connectivity index (χ0n) is 16.6. The van der Waals surface area contributed by atoms with Crippen molar-refractivity contribution in [2.75, 3.05) is 20.1 Å². The Kier molecular flexibility index (Phi) is 5.33. The number of rotatable bonds is 6. The highest BCUT2D eigenvalue weighted by molar-refractivity contribution is 5.84. The van der Waals surface area contributed by atoms with Gasteiger partial charge in [0.15, 0.2) is 5.82 Å². The van der Waals surface area contributed by atoms with E-state index in [0.717, 1.165) is 18.4 Å². The van der Waals surface area contributed by atoms with Crippen LogP contribution in [0.15, 0.2) is 35.0 Å². The lowest BCUT2D eigenvalue weighted by atomic mass is 9.95. The van der Waals surface area contributed by atoms with Gasteiger partial charge in [0, 0.05) is 43.7 Å². The van der Waals surface area contributed by atoms with Gasteiger partial charge in [0.1, 0.15) is 0 Å². The smallest absolute Gasteiger partial charge is 0.232 e. The van der Waals surface area contributed by atoms with E-state index in [-0.39, 0.29) is 23.7 Å². The van der Waals surface area contributed by atoms with Crippen LogP contribution in [0.3, 0.4) is 0 Å². The average Bonchev–Trinajstić information content (AvgIpc) is 3.45. The van der Waals surface area contributed by atoms with Crippen molar-refractivity contribution in [3.63, 3.8) is 0 Å². The lowest BCUT2D eigenvalue weighted by Crippen LogP contribution is -2.33. The zero-order chi connectivity index (χ0) is 20.4. The number of fused-ring (bicyclic) bond motifs is 1. The Bertz CT molecular complexity index is 1020. The zero-order valence-corrected chi connectivity index (χ0v) is 16.6. The molecule has 0 unspecified atom stereocenters. The van der Waals surface area contributed by atoms with Crippen molar-refractivity contribution >= 4 is 22.7 Å². The number of hydrogen-bond donors (Lipinski definition) is 2. The van der Waals surface area contributed by atoms with Crippen LogP contribution in [0.5, 0.6) is 0 Å². The summed E-state index contributed by atoms with van der Waals surface area (Å²) in [5.41, 5.74) is 2.33. The second-order valence-electron chi connectivity index (χ2n) is 7.52. The molecule has 3 aromatic rings. The fourth-order valence-electron chi connectivity index (χ4n) is 4.10. The summed E-state index contributed by atoms with van der Waals surface area (Å²) in [6, 6.07) is 8.16.